The molecule has 3 aromatic rings. The molecule has 0 unspecified atom stereocenters. The molecule has 0 bridgehead atoms. The summed E-state index contributed by atoms with van der Waals surface area (Å²) >= 11 is 3.40. The zero-order valence-electron chi connectivity index (χ0n) is 15.1. The van der Waals surface area contributed by atoms with E-state index in [1.807, 2.05) is 0 Å². The van der Waals surface area contributed by atoms with Crippen molar-refractivity contribution in [3.8, 4) is 22.3 Å². The number of hydrogen-bond donors (Lipinski definition) is 1. The Labute approximate surface area is 179 Å². The van der Waals surface area contributed by atoms with Crippen molar-refractivity contribution in [3.05, 3.63) is 81.2 Å². The Morgan fingerprint density at radius 1 is 0.303 bits per heavy atom. The van der Waals surface area contributed by atoms with E-state index in [0.717, 1.165) is 0 Å². The van der Waals surface area contributed by atoms with Crippen molar-refractivity contribution in [2.24, 2.45) is 0 Å². The van der Waals surface area contributed by atoms with Gasteiger partial charge in [0.2, 0.25) is 5.82 Å². The molecule has 0 aliphatic heterocycles. The van der Waals surface area contributed by atoms with Crippen LogP contribution in [0.1, 0.15) is 5.56 Å². The molecule has 33 heavy (non-hydrogen) atoms. The van der Waals surface area contributed by atoms with Crippen LogP contribution in [0.5, 0.6) is 0 Å². The standard InChI is InChI=1S/C19H3F13S/c20-7-2(1-33)8(21)10(23)3(9(7)22)4-11(24)13(26)5(14(27)12(4)25)6-15(28)17(30)19(32)18(31)16(6)29/h33H,1H2. The van der Waals surface area contributed by atoms with Crippen LogP contribution in [0.4, 0.5) is 57.1 Å². The van der Waals surface area contributed by atoms with Crippen molar-refractivity contribution in [3.63, 3.8) is 0 Å². The molecule has 0 saturated carbocycles. The molecule has 0 amide bonds. The first-order valence-electron chi connectivity index (χ1n) is 8.13. The molecule has 0 aromatic heterocycles. The first-order chi connectivity index (χ1) is 15.3. The normalized spacial score (nSPS) is 11.5. The third kappa shape index (κ3) is 3.42. The Hall–Kier alpha value is -2.90. The molecular formula is C19H3F13S. The second-order valence-corrected chi connectivity index (χ2v) is 6.53. The van der Waals surface area contributed by atoms with Crippen molar-refractivity contribution in [2.75, 3.05) is 0 Å². The highest BCUT2D eigenvalue weighted by atomic mass is 32.1. The zero-order valence-corrected chi connectivity index (χ0v) is 16.0. The lowest BCUT2D eigenvalue weighted by molar-refractivity contribution is 0.379. The molecular weight excluding hydrogens is 507 g/mol. The third-order valence-electron chi connectivity index (χ3n) is 4.49. The number of halogens is 13. The summed E-state index contributed by atoms with van der Waals surface area (Å²) in [6.45, 7) is 0. The minimum absolute atomic E-state index is 0.960. The van der Waals surface area contributed by atoms with Crippen LogP contribution < -0.4 is 0 Å². The van der Waals surface area contributed by atoms with Gasteiger partial charge in [-0.25, -0.2) is 57.1 Å². The maximum Gasteiger partial charge on any atom is 0.200 e. The fourth-order valence-electron chi connectivity index (χ4n) is 2.93. The van der Waals surface area contributed by atoms with E-state index in [0.29, 0.717) is 0 Å². The number of benzene rings is 3. The van der Waals surface area contributed by atoms with Crippen molar-refractivity contribution >= 4 is 12.6 Å². The minimum Gasteiger partial charge on any atom is -0.203 e. The molecule has 14 heteroatoms. The van der Waals surface area contributed by atoms with Gasteiger partial charge in [0.1, 0.15) is 0 Å². The lowest BCUT2D eigenvalue weighted by Crippen LogP contribution is -2.12. The predicted molar refractivity (Wildman–Crippen MR) is 89.5 cm³/mol. The molecule has 176 valence electrons. The topological polar surface area (TPSA) is 0 Å². The number of rotatable bonds is 3. The first kappa shape index (κ1) is 24.7. The Bertz CT molecular complexity index is 1250. The van der Waals surface area contributed by atoms with Crippen molar-refractivity contribution < 1.29 is 57.1 Å². The molecule has 0 saturated heterocycles. The van der Waals surface area contributed by atoms with E-state index in [2.05, 4.69) is 12.6 Å². The van der Waals surface area contributed by atoms with E-state index in [-0.39, 0.29) is 0 Å². The van der Waals surface area contributed by atoms with E-state index in [4.69, 9.17) is 0 Å². The monoisotopic (exact) mass is 510 g/mol. The van der Waals surface area contributed by atoms with Crippen molar-refractivity contribution in [1.82, 2.24) is 0 Å². The summed E-state index contributed by atoms with van der Waals surface area (Å²) in [5.74, 6) is -36.0. The lowest BCUT2D eigenvalue weighted by atomic mass is 9.94. The van der Waals surface area contributed by atoms with Gasteiger partial charge in [-0.15, -0.1) is 0 Å². The molecule has 3 rings (SSSR count). The fraction of sp³-hybridized carbons (Fsp3) is 0.0526. The van der Waals surface area contributed by atoms with Gasteiger partial charge in [0.25, 0.3) is 0 Å². The summed E-state index contributed by atoms with van der Waals surface area (Å²) in [4.78, 5) is 0. The smallest absolute Gasteiger partial charge is 0.200 e. The molecule has 0 heterocycles. The number of hydrogen-bond acceptors (Lipinski definition) is 1. The summed E-state index contributed by atoms with van der Waals surface area (Å²) in [5.41, 5.74) is -11.0. The highest BCUT2D eigenvalue weighted by Gasteiger charge is 2.37. The summed E-state index contributed by atoms with van der Waals surface area (Å²) in [7, 11) is 0. The summed E-state index contributed by atoms with van der Waals surface area (Å²) < 4.78 is 182. The second-order valence-electron chi connectivity index (χ2n) is 6.22. The van der Waals surface area contributed by atoms with E-state index >= 15 is 0 Å². The average molecular weight is 510 g/mol. The van der Waals surface area contributed by atoms with Crippen molar-refractivity contribution in [1.29, 1.82) is 0 Å². The zero-order chi connectivity index (χ0) is 25.1. The van der Waals surface area contributed by atoms with E-state index < -0.39 is 109 Å². The van der Waals surface area contributed by atoms with Gasteiger partial charge in [-0.05, 0) is 0 Å². The molecule has 0 nitrogen and oxygen atoms in total. The molecule has 3 aromatic carbocycles. The SMILES string of the molecule is Fc1c(F)c(F)c(-c2c(F)c(F)c(-c3c(F)c(F)c(CS)c(F)c3F)c(F)c2F)c(F)c1F. The van der Waals surface area contributed by atoms with E-state index in [1.54, 1.807) is 0 Å². The molecule has 0 N–H and O–H groups in total. The maximum atomic E-state index is 14.5. The second kappa shape index (κ2) is 8.47. The summed E-state index contributed by atoms with van der Waals surface area (Å²) in [6, 6.07) is 0. The Morgan fingerprint density at radius 2 is 0.485 bits per heavy atom. The van der Waals surface area contributed by atoms with Crippen LogP contribution in [0, 0.1) is 75.6 Å². The average Bonchev–Trinajstić information content (AvgIpc) is 2.78. The Morgan fingerprint density at radius 3 is 0.727 bits per heavy atom. The molecule has 0 spiro atoms. The van der Waals surface area contributed by atoms with Crippen LogP contribution in [0.3, 0.4) is 0 Å². The Kier molecular flexibility index (Phi) is 6.35. The van der Waals surface area contributed by atoms with Crippen LogP contribution in [-0.4, -0.2) is 0 Å². The van der Waals surface area contributed by atoms with Gasteiger partial charge in [0, 0.05) is 11.3 Å². The van der Waals surface area contributed by atoms with Crippen LogP contribution in [0.25, 0.3) is 22.3 Å². The molecule has 0 atom stereocenters. The predicted octanol–water partition coefficient (Wildman–Crippen LogP) is 7.26. The molecule has 0 radical (unpaired) electrons. The quantitative estimate of drug-likeness (QED) is 0.163. The molecule has 0 fully saturated rings. The first-order valence-corrected chi connectivity index (χ1v) is 8.76. The third-order valence-corrected chi connectivity index (χ3v) is 4.80. The highest BCUT2D eigenvalue weighted by Crippen LogP contribution is 2.42. The van der Waals surface area contributed by atoms with Crippen LogP contribution in [0.15, 0.2) is 0 Å². The van der Waals surface area contributed by atoms with Gasteiger partial charge < -0.3 is 0 Å². The number of thiol groups is 1. The summed E-state index contributed by atoms with van der Waals surface area (Å²) in [5, 5.41) is 0. The minimum atomic E-state index is -2.88. The van der Waals surface area contributed by atoms with Gasteiger partial charge in [0.05, 0.1) is 22.3 Å². The maximum absolute atomic E-state index is 14.5. The van der Waals surface area contributed by atoms with Crippen molar-refractivity contribution in [2.45, 2.75) is 5.75 Å². The highest BCUT2D eigenvalue weighted by molar-refractivity contribution is 7.79. The Balaban J connectivity index is 2.49. The molecule has 0 aliphatic rings. The van der Waals surface area contributed by atoms with Crippen LogP contribution in [0.2, 0.25) is 0 Å². The molecule has 0 aliphatic carbocycles. The van der Waals surface area contributed by atoms with Gasteiger partial charge >= 0.3 is 0 Å². The van der Waals surface area contributed by atoms with Gasteiger partial charge in [-0.3, -0.25) is 0 Å². The lowest BCUT2D eigenvalue weighted by Gasteiger charge is -2.16. The van der Waals surface area contributed by atoms with E-state index in [1.165, 1.54) is 0 Å². The van der Waals surface area contributed by atoms with Gasteiger partial charge in [-0.2, -0.15) is 12.6 Å². The van der Waals surface area contributed by atoms with Crippen LogP contribution in [-0.2, 0) is 5.75 Å². The van der Waals surface area contributed by atoms with E-state index in [9.17, 15) is 57.1 Å². The summed E-state index contributed by atoms with van der Waals surface area (Å²) in [6.07, 6.45) is 0. The van der Waals surface area contributed by atoms with Crippen LogP contribution >= 0.6 is 12.6 Å². The largest absolute Gasteiger partial charge is 0.203 e. The van der Waals surface area contributed by atoms with Gasteiger partial charge in [0.15, 0.2) is 69.8 Å². The van der Waals surface area contributed by atoms with Gasteiger partial charge in [-0.1, -0.05) is 0 Å². The fourth-order valence-corrected chi connectivity index (χ4v) is 3.21.